The van der Waals surface area contributed by atoms with Crippen LogP contribution in [0, 0.1) is 0 Å². The molecule has 1 heterocycles. The highest BCUT2D eigenvalue weighted by Gasteiger charge is 2.20. The van der Waals surface area contributed by atoms with E-state index in [1.165, 1.54) is 11.1 Å². The predicted molar refractivity (Wildman–Crippen MR) is 133 cm³/mol. The quantitative estimate of drug-likeness (QED) is 0.329. The van der Waals surface area contributed by atoms with Gasteiger partial charge in [-0.05, 0) is 44.2 Å². The van der Waals surface area contributed by atoms with Gasteiger partial charge in [0.2, 0.25) is 0 Å². The molecule has 2 aromatic carbocycles. The number of nitrogens with one attached hydrogen (secondary N) is 2. The summed E-state index contributed by atoms with van der Waals surface area (Å²) in [4.78, 5) is 6.68. The molecule has 0 amide bonds. The molecule has 3 rings (SSSR count). The summed E-state index contributed by atoms with van der Waals surface area (Å²) in [5.41, 5.74) is 2.60. The van der Waals surface area contributed by atoms with Gasteiger partial charge < -0.3 is 20.1 Å². The molecule has 1 unspecified atom stereocenters. The van der Waals surface area contributed by atoms with Gasteiger partial charge in [-0.2, -0.15) is 0 Å². The first kappa shape index (κ1) is 24.3. The molecule has 0 spiro atoms. The van der Waals surface area contributed by atoms with Crippen LogP contribution < -0.4 is 20.1 Å². The zero-order valence-electron chi connectivity index (χ0n) is 18.2. The number of ether oxygens (including phenoxy) is 2. The lowest BCUT2D eigenvalue weighted by molar-refractivity contribution is 0.0936. The Morgan fingerprint density at radius 2 is 1.73 bits per heavy atom. The molecule has 2 N–H and O–H groups in total. The van der Waals surface area contributed by atoms with Gasteiger partial charge in [-0.3, -0.25) is 9.89 Å². The van der Waals surface area contributed by atoms with Crippen LogP contribution >= 0.6 is 24.0 Å². The molecule has 0 aliphatic carbocycles. The Labute approximate surface area is 197 Å². The van der Waals surface area contributed by atoms with E-state index in [-0.39, 0.29) is 30.1 Å². The maximum absolute atomic E-state index is 6.00. The van der Waals surface area contributed by atoms with E-state index < -0.39 is 0 Å². The van der Waals surface area contributed by atoms with E-state index in [9.17, 15) is 0 Å². The average molecular weight is 524 g/mol. The summed E-state index contributed by atoms with van der Waals surface area (Å²) >= 11 is 0. The molecule has 0 fully saturated rings. The van der Waals surface area contributed by atoms with E-state index in [1.807, 2.05) is 24.3 Å². The van der Waals surface area contributed by atoms with Gasteiger partial charge in [-0.25, -0.2) is 0 Å². The van der Waals surface area contributed by atoms with Gasteiger partial charge in [0.15, 0.2) is 17.5 Å². The predicted octanol–water partition coefficient (Wildman–Crippen LogP) is 3.65. The van der Waals surface area contributed by atoms with Crippen molar-refractivity contribution in [2.45, 2.75) is 39.1 Å². The first-order valence-corrected chi connectivity index (χ1v) is 10.2. The molecule has 6 nitrogen and oxygen atoms in total. The lowest BCUT2D eigenvalue weighted by Gasteiger charge is -2.27. The molecule has 30 heavy (non-hydrogen) atoms. The zero-order valence-corrected chi connectivity index (χ0v) is 20.6. The number of halogens is 1. The maximum Gasteiger partial charge on any atom is 0.191 e. The third-order valence-electron chi connectivity index (χ3n) is 5.15. The van der Waals surface area contributed by atoms with Crippen LogP contribution in [-0.4, -0.2) is 50.3 Å². The minimum absolute atomic E-state index is 0. The molecule has 0 saturated carbocycles. The summed E-state index contributed by atoms with van der Waals surface area (Å²) in [7, 11) is 3.93. The number of aliphatic imine (C=N–C) groups is 1. The van der Waals surface area contributed by atoms with E-state index in [4.69, 9.17) is 9.47 Å². The molecule has 0 saturated heterocycles. The molecule has 0 radical (unpaired) electrons. The number of fused-ring (bicyclic) bond motifs is 1. The Bertz CT molecular complexity index is 828. The third-order valence-corrected chi connectivity index (χ3v) is 5.15. The Kier molecular flexibility index (Phi) is 9.71. The molecule has 164 valence electrons. The fourth-order valence-electron chi connectivity index (χ4n) is 3.11. The second-order valence-electron chi connectivity index (χ2n) is 7.58. The molecular weight excluding hydrogens is 491 g/mol. The lowest BCUT2D eigenvalue weighted by Crippen LogP contribution is -2.45. The second kappa shape index (κ2) is 12.0. The summed E-state index contributed by atoms with van der Waals surface area (Å²) in [5, 5.41) is 6.75. The molecule has 1 atom stereocenters. The minimum atomic E-state index is -0.0598. The van der Waals surface area contributed by atoms with Crippen LogP contribution in [0.25, 0.3) is 0 Å². The number of rotatable bonds is 7. The van der Waals surface area contributed by atoms with Crippen molar-refractivity contribution in [3.63, 3.8) is 0 Å². The number of guanidine groups is 1. The molecule has 1 aliphatic heterocycles. The average Bonchev–Trinajstić information content (AvgIpc) is 2.74. The monoisotopic (exact) mass is 524 g/mol. The van der Waals surface area contributed by atoms with Crippen molar-refractivity contribution in [3.8, 4) is 11.5 Å². The number of nitrogens with zero attached hydrogens (tertiary/aromatic N) is 2. The molecular formula is C23H33IN4O2. The number of hydrogen-bond acceptors (Lipinski definition) is 4. The largest absolute Gasteiger partial charge is 0.486 e. The molecule has 1 aliphatic rings. The molecule has 0 aromatic heterocycles. The fraction of sp³-hybridized carbons (Fsp3) is 0.435. The summed E-state index contributed by atoms with van der Waals surface area (Å²) < 4.78 is 11.8. The van der Waals surface area contributed by atoms with E-state index in [2.05, 4.69) is 65.7 Å². The third kappa shape index (κ3) is 6.77. The summed E-state index contributed by atoms with van der Waals surface area (Å²) in [6.45, 7) is 7.20. The van der Waals surface area contributed by atoms with Crippen LogP contribution in [-0.2, 0) is 13.1 Å². The zero-order chi connectivity index (χ0) is 20.6. The number of benzene rings is 2. The molecule has 7 heteroatoms. The second-order valence-corrected chi connectivity index (χ2v) is 7.58. The highest BCUT2D eigenvalue weighted by atomic mass is 127. The first-order valence-electron chi connectivity index (χ1n) is 10.2. The normalized spacial score (nSPS) is 15.7. The van der Waals surface area contributed by atoms with Crippen LogP contribution in [0.5, 0.6) is 11.5 Å². The van der Waals surface area contributed by atoms with Gasteiger partial charge in [-0.15, -0.1) is 24.0 Å². The van der Waals surface area contributed by atoms with Gasteiger partial charge >= 0.3 is 0 Å². The van der Waals surface area contributed by atoms with Crippen LogP contribution in [0.4, 0.5) is 0 Å². The maximum atomic E-state index is 6.00. The van der Waals surface area contributed by atoms with E-state index in [1.54, 1.807) is 7.05 Å². The summed E-state index contributed by atoms with van der Waals surface area (Å²) in [5.74, 6) is 2.34. The highest BCUT2D eigenvalue weighted by Crippen LogP contribution is 2.30. The van der Waals surface area contributed by atoms with Crippen molar-refractivity contribution >= 4 is 29.9 Å². The van der Waals surface area contributed by atoms with Gasteiger partial charge in [-0.1, -0.05) is 36.4 Å². The minimum Gasteiger partial charge on any atom is -0.486 e. The topological polar surface area (TPSA) is 58.1 Å². The van der Waals surface area contributed by atoms with Crippen molar-refractivity contribution < 1.29 is 9.47 Å². The van der Waals surface area contributed by atoms with Crippen molar-refractivity contribution in [2.75, 3.05) is 27.2 Å². The van der Waals surface area contributed by atoms with Crippen LogP contribution in [0.2, 0.25) is 0 Å². The Morgan fingerprint density at radius 3 is 2.43 bits per heavy atom. The van der Waals surface area contributed by atoms with Crippen molar-refractivity contribution in [2.24, 2.45) is 4.99 Å². The van der Waals surface area contributed by atoms with Crippen molar-refractivity contribution in [1.82, 2.24) is 15.5 Å². The van der Waals surface area contributed by atoms with Gasteiger partial charge in [0.25, 0.3) is 0 Å². The Balaban J connectivity index is 0.00000320. The highest BCUT2D eigenvalue weighted by molar-refractivity contribution is 14.0. The van der Waals surface area contributed by atoms with E-state index in [0.717, 1.165) is 24.0 Å². The SMILES string of the molecule is CN=C(NCc1ccccc1CN(C)C(C)C)NCC1COc2ccccc2O1.I. The van der Waals surface area contributed by atoms with E-state index in [0.29, 0.717) is 25.7 Å². The van der Waals surface area contributed by atoms with Crippen molar-refractivity contribution in [3.05, 3.63) is 59.7 Å². The molecule has 0 bridgehead atoms. The number of hydrogen-bond donors (Lipinski definition) is 2. The molecule has 2 aromatic rings. The lowest BCUT2D eigenvalue weighted by atomic mass is 10.1. The standard InChI is InChI=1S/C23H32N4O2.HI/c1-17(2)27(4)15-19-10-6-5-9-18(19)13-25-23(24-3)26-14-20-16-28-21-11-7-8-12-22(21)29-20;/h5-12,17,20H,13-16H2,1-4H3,(H2,24,25,26);1H. The van der Waals surface area contributed by atoms with Gasteiger partial charge in [0.05, 0.1) is 6.54 Å². The number of para-hydroxylation sites is 2. The van der Waals surface area contributed by atoms with Crippen molar-refractivity contribution in [1.29, 1.82) is 0 Å². The van der Waals surface area contributed by atoms with Crippen LogP contribution in [0.1, 0.15) is 25.0 Å². The van der Waals surface area contributed by atoms with E-state index >= 15 is 0 Å². The fourth-order valence-corrected chi connectivity index (χ4v) is 3.11. The van der Waals surface area contributed by atoms with Crippen LogP contribution in [0.3, 0.4) is 0 Å². The van der Waals surface area contributed by atoms with Crippen LogP contribution in [0.15, 0.2) is 53.5 Å². The summed E-state index contributed by atoms with van der Waals surface area (Å²) in [6, 6.07) is 16.8. The first-order chi connectivity index (χ1) is 14.1. The van der Waals surface area contributed by atoms with Gasteiger partial charge in [0.1, 0.15) is 12.7 Å². The Hall–Kier alpha value is -2.00. The Morgan fingerprint density at radius 1 is 1.07 bits per heavy atom. The summed E-state index contributed by atoms with van der Waals surface area (Å²) in [6.07, 6.45) is -0.0598. The van der Waals surface area contributed by atoms with Gasteiger partial charge in [0, 0.05) is 26.2 Å². The smallest absolute Gasteiger partial charge is 0.191 e.